The molecule has 1 saturated carbocycles. The van der Waals surface area contributed by atoms with E-state index in [1.54, 1.807) is 18.1 Å². The number of nitrogens with zero attached hydrogens (tertiary/aromatic N) is 1. The minimum absolute atomic E-state index is 0.0752. The number of hydrogen-bond acceptors (Lipinski definition) is 3. The molecule has 0 radical (unpaired) electrons. The van der Waals surface area contributed by atoms with Crippen LogP contribution in [0.15, 0.2) is 24.3 Å². The van der Waals surface area contributed by atoms with E-state index in [0.717, 1.165) is 18.4 Å². The lowest BCUT2D eigenvalue weighted by Crippen LogP contribution is -2.45. The van der Waals surface area contributed by atoms with Gasteiger partial charge in [-0.15, -0.1) is 0 Å². The third-order valence-electron chi connectivity index (χ3n) is 3.46. The van der Waals surface area contributed by atoms with Crippen LogP contribution >= 0.6 is 0 Å². The van der Waals surface area contributed by atoms with Gasteiger partial charge in [-0.25, -0.2) is 4.39 Å². The van der Waals surface area contributed by atoms with Crippen LogP contribution < -0.4 is 5.73 Å². The summed E-state index contributed by atoms with van der Waals surface area (Å²) in [6.07, 6.45) is 2.50. The van der Waals surface area contributed by atoms with Gasteiger partial charge in [0.05, 0.1) is 6.04 Å². The SMILES string of the molecule is COCCC(N)C(=O)N(Cc1cccc(F)c1)C1CC1. The molecule has 1 aromatic carbocycles. The molecule has 0 aliphatic heterocycles. The van der Waals surface area contributed by atoms with Crippen molar-refractivity contribution in [2.45, 2.75) is 37.9 Å². The molecule has 110 valence electrons. The van der Waals surface area contributed by atoms with Crippen molar-refractivity contribution in [3.8, 4) is 0 Å². The number of rotatable bonds is 7. The Hall–Kier alpha value is -1.46. The third-order valence-corrected chi connectivity index (χ3v) is 3.46. The zero-order chi connectivity index (χ0) is 14.5. The van der Waals surface area contributed by atoms with E-state index in [9.17, 15) is 9.18 Å². The van der Waals surface area contributed by atoms with Crippen molar-refractivity contribution in [3.05, 3.63) is 35.6 Å². The highest BCUT2D eigenvalue weighted by atomic mass is 19.1. The van der Waals surface area contributed by atoms with Crippen molar-refractivity contribution in [1.82, 2.24) is 4.90 Å². The predicted octanol–water partition coefficient (Wildman–Crippen LogP) is 1.68. The van der Waals surface area contributed by atoms with Crippen LogP contribution in [-0.4, -0.2) is 36.6 Å². The molecule has 2 rings (SSSR count). The molecule has 1 fully saturated rings. The fourth-order valence-corrected chi connectivity index (χ4v) is 2.19. The molecule has 1 unspecified atom stereocenters. The van der Waals surface area contributed by atoms with Crippen LogP contribution in [0, 0.1) is 5.82 Å². The smallest absolute Gasteiger partial charge is 0.240 e. The van der Waals surface area contributed by atoms with Crippen LogP contribution in [0.2, 0.25) is 0 Å². The zero-order valence-corrected chi connectivity index (χ0v) is 11.7. The van der Waals surface area contributed by atoms with E-state index in [2.05, 4.69) is 0 Å². The quantitative estimate of drug-likeness (QED) is 0.826. The Labute approximate surface area is 118 Å². The predicted molar refractivity (Wildman–Crippen MR) is 74.4 cm³/mol. The van der Waals surface area contributed by atoms with Crippen molar-refractivity contribution in [2.75, 3.05) is 13.7 Å². The minimum atomic E-state index is -0.552. The highest BCUT2D eigenvalue weighted by Gasteiger charge is 2.34. The van der Waals surface area contributed by atoms with Crippen molar-refractivity contribution >= 4 is 5.91 Å². The summed E-state index contributed by atoms with van der Waals surface area (Å²) in [7, 11) is 1.59. The summed E-state index contributed by atoms with van der Waals surface area (Å²) in [4.78, 5) is 14.1. The molecule has 0 spiro atoms. The third kappa shape index (κ3) is 4.02. The van der Waals surface area contributed by atoms with E-state index in [1.165, 1.54) is 12.1 Å². The van der Waals surface area contributed by atoms with Gasteiger partial charge in [0.15, 0.2) is 0 Å². The highest BCUT2D eigenvalue weighted by Crippen LogP contribution is 2.29. The fourth-order valence-electron chi connectivity index (χ4n) is 2.19. The van der Waals surface area contributed by atoms with E-state index >= 15 is 0 Å². The first-order chi connectivity index (χ1) is 9.61. The second-order valence-corrected chi connectivity index (χ2v) is 5.22. The summed E-state index contributed by atoms with van der Waals surface area (Å²) in [6, 6.07) is 6.04. The summed E-state index contributed by atoms with van der Waals surface area (Å²) in [5.41, 5.74) is 6.70. The molecular formula is C15H21FN2O2. The monoisotopic (exact) mass is 280 g/mol. The largest absolute Gasteiger partial charge is 0.385 e. The van der Waals surface area contributed by atoms with Crippen LogP contribution in [0.25, 0.3) is 0 Å². The first kappa shape index (κ1) is 14.9. The van der Waals surface area contributed by atoms with Crippen molar-refractivity contribution in [3.63, 3.8) is 0 Å². The number of halogens is 1. The molecule has 0 bridgehead atoms. The molecule has 5 heteroatoms. The summed E-state index contributed by atoms with van der Waals surface area (Å²) in [6.45, 7) is 0.882. The summed E-state index contributed by atoms with van der Waals surface area (Å²) >= 11 is 0. The van der Waals surface area contributed by atoms with Crippen molar-refractivity contribution < 1.29 is 13.9 Å². The maximum atomic E-state index is 13.2. The molecule has 0 aromatic heterocycles. The fraction of sp³-hybridized carbons (Fsp3) is 0.533. The lowest BCUT2D eigenvalue weighted by Gasteiger charge is -2.25. The Bertz CT molecular complexity index is 463. The second kappa shape index (κ2) is 6.81. The van der Waals surface area contributed by atoms with Crippen LogP contribution in [0.4, 0.5) is 4.39 Å². The van der Waals surface area contributed by atoms with Gasteiger partial charge in [0.1, 0.15) is 5.82 Å². The number of amides is 1. The zero-order valence-electron chi connectivity index (χ0n) is 11.7. The number of nitrogens with two attached hydrogens (primary N) is 1. The van der Waals surface area contributed by atoms with Gasteiger partial charge in [-0.2, -0.15) is 0 Å². The number of benzene rings is 1. The minimum Gasteiger partial charge on any atom is -0.385 e. The lowest BCUT2D eigenvalue weighted by molar-refractivity contribution is -0.134. The summed E-state index contributed by atoms with van der Waals surface area (Å²) < 4.78 is 18.2. The van der Waals surface area contributed by atoms with Crippen molar-refractivity contribution in [2.24, 2.45) is 5.73 Å². The number of ether oxygens (including phenoxy) is 1. The van der Waals surface area contributed by atoms with Crippen LogP contribution in [-0.2, 0) is 16.1 Å². The van der Waals surface area contributed by atoms with E-state index in [-0.39, 0.29) is 17.8 Å². The Balaban J connectivity index is 2.01. The first-order valence-electron chi connectivity index (χ1n) is 6.91. The van der Waals surface area contributed by atoms with Gasteiger partial charge in [-0.1, -0.05) is 12.1 Å². The lowest BCUT2D eigenvalue weighted by atomic mass is 10.1. The average Bonchev–Trinajstić information content (AvgIpc) is 3.26. The summed E-state index contributed by atoms with van der Waals surface area (Å²) in [5.74, 6) is -0.358. The van der Waals surface area contributed by atoms with Crippen LogP contribution in [0.5, 0.6) is 0 Å². The number of carbonyl (C=O) groups excluding carboxylic acids is 1. The summed E-state index contributed by atoms with van der Waals surface area (Å²) in [5, 5.41) is 0. The molecule has 1 amide bonds. The Kier molecular flexibility index (Phi) is 5.09. The molecule has 1 aliphatic carbocycles. The van der Waals surface area contributed by atoms with Gasteiger partial charge in [0.25, 0.3) is 0 Å². The Morgan fingerprint density at radius 3 is 2.90 bits per heavy atom. The van der Waals surface area contributed by atoms with E-state index in [1.807, 2.05) is 6.07 Å². The maximum Gasteiger partial charge on any atom is 0.240 e. The van der Waals surface area contributed by atoms with Crippen LogP contribution in [0.3, 0.4) is 0 Å². The van der Waals surface area contributed by atoms with Gasteiger partial charge in [0, 0.05) is 26.3 Å². The van der Waals surface area contributed by atoms with Gasteiger partial charge in [0.2, 0.25) is 5.91 Å². The molecule has 1 aromatic rings. The van der Waals surface area contributed by atoms with Gasteiger partial charge in [-0.05, 0) is 37.0 Å². The van der Waals surface area contributed by atoms with E-state index in [0.29, 0.717) is 19.6 Å². The second-order valence-electron chi connectivity index (χ2n) is 5.22. The molecule has 4 nitrogen and oxygen atoms in total. The molecule has 2 N–H and O–H groups in total. The topological polar surface area (TPSA) is 55.6 Å². The molecule has 20 heavy (non-hydrogen) atoms. The number of carbonyl (C=O) groups is 1. The van der Waals surface area contributed by atoms with Gasteiger partial charge in [-0.3, -0.25) is 4.79 Å². The molecule has 1 atom stereocenters. The standard InChI is InChI=1S/C15H21FN2O2/c1-20-8-7-14(17)15(19)18(13-5-6-13)10-11-3-2-4-12(16)9-11/h2-4,9,13-14H,5-8,10,17H2,1H3. The number of methoxy groups -OCH3 is 1. The molecule has 0 saturated heterocycles. The van der Waals surface area contributed by atoms with E-state index in [4.69, 9.17) is 10.5 Å². The number of hydrogen-bond donors (Lipinski definition) is 1. The van der Waals surface area contributed by atoms with Gasteiger partial charge < -0.3 is 15.4 Å². The molecule has 0 heterocycles. The highest BCUT2D eigenvalue weighted by molar-refractivity contribution is 5.82. The Morgan fingerprint density at radius 2 is 2.30 bits per heavy atom. The molecular weight excluding hydrogens is 259 g/mol. The average molecular weight is 280 g/mol. The normalized spacial score (nSPS) is 15.9. The Morgan fingerprint density at radius 1 is 1.55 bits per heavy atom. The first-order valence-corrected chi connectivity index (χ1v) is 6.91. The van der Waals surface area contributed by atoms with Crippen molar-refractivity contribution in [1.29, 1.82) is 0 Å². The van der Waals surface area contributed by atoms with E-state index < -0.39 is 6.04 Å². The van der Waals surface area contributed by atoms with Crippen LogP contribution in [0.1, 0.15) is 24.8 Å². The van der Waals surface area contributed by atoms with Gasteiger partial charge >= 0.3 is 0 Å². The maximum absolute atomic E-state index is 13.2. The molecule has 1 aliphatic rings.